The van der Waals surface area contributed by atoms with Gasteiger partial charge in [-0.3, -0.25) is 0 Å². The Bertz CT molecular complexity index is 451. The molecule has 0 aliphatic carbocycles. The van der Waals surface area contributed by atoms with E-state index in [-0.39, 0.29) is 0 Å². The second-order valence-corrected chi connectivity index (χ2v) is 3.23. The van der Waals surface area contributed by atoms with Crippen molar-refractivity contribution < 1.29 is 9.63 Å². The Hall–Kier alpha value is -1.81. The molecule has 0 saturated carbocycles. The van der Waals surface area contributed by atoms with Gasteiger partial charge in [0.25, 0.3) is 0 Å². The number of carbonyl (C=O) groups is 1. The smallest absolute Gasteiger partial charge is 0.314 e. The summed E-state index contributed by atoms with van der Waals surface area (Å²) in [6, 6.07) is 8.10. The van der Waals surface area contributed by atoms with Crippen molar-refractivity contribution in [1.29, 1.82) is 0 Å². The van der Waals surface area contributed by atoms with Gasteiger partial charge in [0.15, 0.2) is 0 Å². The largest absolute Gasteiger partial charge is 0.365 e. The maximum absolute atomic E-state index is 11.5. The molecule has 76 valence electrons. The van der Waals surface area contributed by atoms with Crippen molar-refractivity contribution in [2.45, 2.75) is 0 Å². The normalized spacial score (nSPS) is 9.93. The zero-order valence-electron chi connectivity index (χ0n) is 7.63. The van der Waals surface area contributed by atoms with Crippen molar-refractivity contribution in [3.8, 4) is 0 Å². The molecule has 0 atom stereocenters. The van der Waals surface area contributed by atoms with E-state index in [1.165, 1.54) is 12.4 Å². The number of halogens is 1. The van der Waals surface area contributed by atoms with Gasteiger partial charge in [-0.2, -0.15) is 0 Å². The van der Waals surface area contributed by atoms with Crippen LogP contribution in [-0.2, 0) is 0 Å². The monoisotopic (exact) mass is 222 g/mol. The second kappa shape index (κ2) is 4.14. The molecule has 0 bridgehead atoms. The van der Waals surface area contributed by atoms with Gasteiger partial charge in [-0.15, -0.1) is 5.10 Å². The van der Waals surface area contributed by atoms with Gasteiger partial charge in [0.2, 0.25) is 0 Å². The molecule has 0 N–H and O–H groups in total. The lowest BCUT2D eigenvalue weighted by Gasteiger charge is -2.02. The van der Waals surface area contributed by atoms with E-state index in [1.807, 2.05) is 0 Å². The van der Waals surface area contributed by atoms with Gasteiger partial charge in [0.1, 0.15) is 0 Å². The van der Waals surface area contributed by atoms with Crippen molar-refractivity contribution in [3.05, 3.63) is 53.3 Å². The first-order valence-corrected chi connectivity index (χ1v) is 4.61. The molecule has 0 unspecified atom stereocenters. The van der Waals surface area contributed by atoms with Crippen LogP contribution in [-0.4, -0.2) is 15.9 Å². The predicted octanol–water partition coefficient (Wildman–Crippen LogP) is 1.81. The van der Waals surface area contributed by atoms with E-state index in [0.29, 0.717) is 10.6 Å². The maximum Gasteiger partial charge on any atom is 0.365 e. The first kappa shape index (κ1) is 9.73. The molecule has 5 heteroatoms. The summed E-state index contributed by atoms with van der Waals surface area (Å²) in [5.41, 5.74) is 0.426. The highest BCUT2D eigenvalue weighted by Crippen LogP contribution is 2.09. The van der Waals surface area contributed by atoms with Gasteiger partial charge in [0, 0.05) is 5.02 Å². The molecule has 1 heterocycles. The lowest BCUT2D eigenvalue weighted by molar-refractivity contribution is 0.0394. The minimum absolute atomic E-state index is 0.426. The van der Waals surface area contributed by atoms with Gasteiger partial charge < -0.3 is 4.84 Å². The number of hydrogen-bond acceptors (Lipinski definition) is 3. The van der Waals surface area contributed by atoms with E-state index in [2.05, 4.69) is 5.10 Å². The topological polar surface area (TPSA) is 44.1 Å². The van der Waals surface area contributed by atoms with Crippen LogP contribution in [0.1, 0.15) is 10.4 Å². The Kier molecular flexibility index (Phi) is 2.69. The Morgan fingerprint density at radius 1 is 1.33 bits per heavy atom. The fourth-order valence-corrected chi connectivity index (χ4v) is 1.16. The zero-order chi connectivity index (χ0) is 10.7. The molecule has 0 amide bonds. The number of nitrogens with zero attached hydrogens (tertiary/aromatic N) is 2. The first-order valence-electron chi connectivity index (χ1n) is 4.23. The molecule has 0 fully saturated rings. The lowest BCUT2D eigenvalue weighted by Crippen LogP contribution is -2.19. The Balaban J connectivity index is 2.11. The van der Waals surface area contributed by atoms with Gasteiger partial charge in [0.05, 0.1) is 18.0 Å². The van der Waals surface area contributed by atoms with Gasteiger partial charge in [-0.1, -0.05) is 16.4 Å². The van der Waals surface area contributed by atoms with Crippen molar-refractivity contribution in [1.82, 2.24) is 9.94 Å². The molecule has 4 nitrogen and oxygen atoms in total. The number of rotatable bonds is 2. The van der Waals surface area contributed by atoms with Gasteiger partial charge >= 0.3 is 5.97 Å². The third-order valence-electron chi connectivity index (χ3n) is 1.74. The summed E-state index contributed by atoms with van der Waals surface area (Å²) < 4.78 is 0. The SMILES string of the molecule is O=C(On1cccn1)c1ccc(Cl)cc1. The van der Waals surface area contributed by atoms with E-state index < -0.39 is 5.97 Å². The van der Waals surface area contributed by atoms with Crippen LogP contribution >= 0.6 is 11.6 Å². The van der Waals surface area contributed by atoms with E-state index in [9.17, 15) is 4.79 Å². The summed E-state index contributed by atoms with van der Waals surface area (Å²) in [6.45, 7) is 0. The molecular weight excluding hydrogens is 216 g/mol. The third-order valence-corrected chi connectivity index (χ3v) is 1.99. The summed E-state index contributed by atoms with van der Waals surface area (Å²) in [7, 11) is 0. The Labute approximate surface area is 91.0 Å². The van der Waals surface area contributed by atoms with Crippen molar-refractivity contribution in [2.24, 2.45) is 0 Å². The molecule has 0 spiro atoms. The Morgan fingerprint density at radius 3 is 2.67 bits per heavy atom. The van der Waals surface area contributed by atoms with E-state index >= 15 is 0 Å². The number of hydrogen-bond donors (Lipinski definition) is 0. The second-order valence-electron chi connectivity index (χ2n) is 2.79. The third kappa shape index (κ3) is 2.35. The quantitative estimate of drug-likeness (QED) is 0.778. The molecule has 1 aromatic heterocycles. The maximum atomic E-state index is 11.5. The molecule has 0 saturated heterocycles. The van der Waals surface area contributed by atoms with Crippen LogP contribution in [0.15, 0.2) is 42.7 Å². The van der Waals surface area contributed by atoms with Gasteiger partial charge in [-0.05, 0) is 30.3 Å². The first-order chi connectivity index (χ1) is 7.25. The highest BCUT2D eigenvalue weighted by atomic mass is 35.5. The Morgan fingerprint density at radius 2 is 2.07 bits per heavy atom. The fraction of sp³-hybridized carbons (Fsp3) is 0. The summed E-state index contributed by atoms with van der Waals surface area (Å²) in [4.78, 5) is 17.5. The van der Waals surface area contributed by atoms with Crippen molar-refractivity contribution in [2.75, 3.05) is 0 Å². The van der Waals surface area contributed by atoms with Crippen LogP contribution in [0.4, 0.5) is 0 Å². The molecule has 2 rings (SSSR count). The molecule has 0 aliphatic rings. The molecule has 2 aromatic rings. The number of carbonyl (C=O) groups excluding carboxylic acids is 1. The fourth-order valence-electron chi connectivity index (χ4n) is 1.03. The lowest BCUT2D eigenvalue weighted by atomic mass is 10.2. The van der Waals surface area contributed by atoms with E-state index in [4.69, 9.17) is 16.4 Å². The van der Waals surface area contributed by atoms with E-state index in [1.54, 1.807) is 30.3 Å². The summed E-state index contributed by atoms with van der Waals surface area (Å²) in [6.07, 6.45) is 3.06. The predicted molar refractivity (Wildman–Crippen MR) is 54.6 cm³/mol. The minimum Gasteiger partial charge on any atom is -0.314 e. The molecular formula is C10H7ClN2O2. The molecule has 1 aromatic carbocycles. The van der Waals surface area contributed by atoms with Crippen LogP contribution in [0.3, 0.4) is 0 Å². The van der Waals surface area contributed by atoms with Crippen molar-refractivity contribution >= 4 is 17.6 Å². The highest BCUT2D eigenvalue weighted by Gasteiger charge is 2.07. The summed E-state index contributed by atoms with van der Waals surface area (Å²) >= 11 is 5.69. The van der Waals surface area contributed by atoms with Crippen LogP contribution in [0, 0.1) is 0 Å². The van der Waals surface area contributed by atoms with Crippen LogP contribution in [0.2, 0.25) is 5.02 Å². The molecule has 0 radical (unpaired) electrons. The van der Waals surface area contributed by atoms with Gasteiger partial charge in [-0.25, -0.2) is 4.79 Å². The van der Waals surface area contributed by atoms with Crippen LogP contribution < -0.4 is 4.84 Å². The van der Waals surface area contributed by atoms with Crippen LogP contribution in [0.5, 0.6) is 0 Å². The minimum atomic E-state index is -0.477. The number of aromatic nitrogens is 2. The average Bonchev–Trinajstić information content (AvgIpc) is 2.71. The van der Waals surface area contributed by atoms with Crippen molar-refractivity contribution in [3.63, 3.8) is 0 Å². The van der Waals surface area contributed by atoms with Crippen LogP contribution in [0.25, 0.3) is 0 Å². The highest BCUT2D eigenvalue weighted by molar-refractivity contribution is 6.30. The molecule has 15 heavy (non-hydrogen) atoms. The molecule has 0 aliphatic heterocycles. The summed E-state index contributed by atoms with van der Waals surface area (Å²) in [5.74, 6) is -0.477. The number of benzene rings is 1. The average molecular weight is 223 g/mol. The van der Waals surface area contributed by atoms with E-state index in [0.717, 1.165) is 4.85 Å². The summed E-state index contributed by atoms with van der Waals surface area (Å²) in [5, 5.41) is 4.32. The standard InChI is InChI=1S/C10H7ClN2O2/c11-9-4-2-8(3-5-9)10(14)15-13-7-1-6-12-13/h1-7H. The zero-order valence-corrected chi connectivity index (χ0v) is 8.39.